The summed E-state index contributed by atoms with van der Waals surface area (Å²) in [7, 11) is 3.20. The van der Waals surface area contributed by atoms with Crippen molar-refractivity contribution in [2.45, 2.75) is 25.3 Å². The van der Waals surface area contributed by atoms with E-state index in [0.29, 0.717) is 37.6 Å². The maximum absolute atomic E-state index is 12.9. The molecule has 7 nitrogen and oxygen atoms in total. The highest BCUT2D eigenvalue weighted by molar-refractivity contribution is 5.89. The highest BCUT2D eigenvalue weighted by Gasteiger charge is 2.35. The van der Waals surface area contributed by atoms with Crippen LogP contribution in [0.5, 0.6) is 17.2 Å². The third-order valence-corrected chi connectivity index (χ3v) is 5.98. The van der Waals surface area contributed by atoms with Crippen LogP contribution in [0.25, 0.3) is 0 Å². The standard InChI is InChI=1S/C24H28N2O5/c1-29-21-8-7-16(13-22(21)30-2)9-11-26-15-17(14-23(26)27)24(28)25-19-10-12-31-20-6-4-3-5-18(19)20/h3-8,13,17,19H,9-12,14-15H2,1-2H3,(H,25,28)/t17-,19-/m1/s1. The number of benzene rings is 2. The van der Waals surface area contributed by atoms with Gasteiger partial charge in [-0.25, -0.2) is 0 Å². The molecule has 1 N–H and O–H groups in total. The number of nitrogens with one attached hydrogen (secondary N) is 1. The molecule has 1 fully saturated rings. The van der Waals surface area contributed by atoms with Crippen molar-refractivity contribution in [3.05, 3.63) is 53.6 Å². The lowest BCUT2D eigenvalue weighted by atomic mass is 9.99. The molecule has 0 bridgehead atoms. The third kappa shape index (κ3) is 4.60. The smallest absolute Gasteiger partial charge is 0.225 e. The average Bonchev–Trinajstić information content (AvgIpc) is 3.18. The summed E-state index contributed by atoms with van der Waals surface area (Å²) >= 11 is 0. The maximum Gasteiger partial charge on any atom is 0.225 e. The van der Waals surface area contributed by atoms with Crippen LogP contribution in [0.4, 0.5) is 0 Å². The van der Waals surface area contributed by atoms with Crippen molar-refractivity contribution in [3.8, 4) is 17.2 Å². The SMILES string of the molecule is COc1ccc(CCN2C[C@H](C(=O)N[C@@H]3CCOc4ccccc43)CC2=O)cc1OC. The van der Waals surface area contributed by atoms with E-state index in [9.17, 15) is 9.59 Å². The van der Waals surface area contributed by atoms with E-state index < -0.39 is 0 Å². The summed E-state index contributed by atoms with van der Waals surface area (Å²) < 4.78 is 16.3. The van der Waals surface area contributed by atoms with Gasteiger partial charge in [0, 0.05) is 31.5 Å². The second-order valence-corrected chi connectivity index (χ2v) is 7.92. The molecule has 0 aliphatic carbocycles. The molecule has 0 radical (unpaired) electrons. The molecule has 0 spiro atoms. The number of ether oxygens (including phenoxy) is 3. The average molecular weight is 424 g/mol. The van der Waals surface area contributed by atoms with Crippen LogP contribution in [-0.2, 0) is 16.0 Å². The van der Waals surface area contributed by atoms with Crippen molar-refractivity contribution in [1.29, 1.82) is 0 Å². The molecule has 0 aromatic heterocycles. The monoisotopic (exact) mass is 424 g/mol. The molecule has 2 aliphatic heterocycles. The van der Waals surface area contributed by atoms with Crippen LogP contribution >= 0.6 is 0 Å². The number of hydrogen-bond acceptors (Lipinski definition) is 5. The molecule has 2 atom stereocenters. The number of nitrogens with zero attached hydrogens (tertiary/aromatic N) is 1. The minimum absolute atomic E-state index is 0.0213. The van der Waals surface area contributed by atoms with Crippen molar-refractivity contribution in [2.75, 3.05) is 33.9 Å². The summed E-state index contributed by atoms with van der Waals surface area (Å²) in [4.78, 5) is 27.2. The number of hydrogen-bond donors (Lipinski definition) is 1. The molecule has 0 unspecified atom stereocenters. The maximum atomic E-state index is 12.9. The Morgan fingerprint density at radius 1 is 1.16 bits per heavy atom. The van der Waals surface area contributed by atoms with Crippen LogP contribution in [0.1, 0.15) is 30.0 Å². The van der Waals surface area contributed by atoms with Gasteiger partial charge in [-0.1, -0.05) is 24.3 Å². The van der Waals surface area contributed by atoms with Gasteiger partial charge in [0.2, 0.25) is 11.8 Å². The zero-order valence-corrected chi connectivity index (χ0v) is 17.9. The number of likely N-dealkylation sites (tertiary alicyclic amines) is 1. The first-order chi connectivity index (χ1) is 15.1. The first-order valence-corrected chi connectivity index (χ1v) is 10.6. The molecule has 1 saturated heterocycles. The van der Waals surface area contributed by atoms with Gasteiger partial charge in [0.05, 0.1) is 32.8 Å². The molecular weight excluding hydrogens is 396 g/mol. The van der Waals surface area contributed by atoms with E-state index in [1.165, 1.54) is 0 Å². The molecule has 31 heavy (non-hydrogen) atoms. The van der Waals surface area contributed by atoms with Gasteiger partial charge in [-0.3, -0.25) is 9.59 Å². The van der Waals surface area contributed by atoms with Gasteiger partial charge < -0.3 is 24.4 Å². The number of carbonyl (C=O) groups is 2. The molecule has 4 rings (SSSR count). The first-order valence-electron chi connectivity index (χ1n) is 10.6. The van der Waals surface area contributed by atoms with Crippen LogP contribution in [0.2, 0.25) is 0 Å². The largest absolute Gasteiger partial charge is 0.493 e. The zero-order chi connectivity index (χ0) is 21.8. The Morgan fingerprint density at radius 2 is 1.97 bits per heavy atom. The lowest BCUT2D eigenvalue weighted by Crippen LogP contribution is -2.37. The Bertz CT molecular complexity index is 961. The van der Waals surface area contributed by atoms with Crippen molar-refractivity contribution in [2.24, 2.45) is 5.92 Å². The fraction of sp³-hybridized carbons (Fsp3) is 0.417. The van der Waals surface area contributed by atoms with Crippen molar-refractivity contribution < 1.29 is 23.8 Å². The minimum atomic E-state index is -0.326. The van der Waals surface area contributed by atoms with Crippen molar-refractivity contribution in [3.63, 3.8) is 0 Å². The summed E-state index contributed by atoms with van der Waals surface area (Å²) in [5.74, 6) is 1.79. The molecule has 164 valence electrons. The number of methoxy groups -OCH3 is 2. The zero-order valence-electron chi connectivity index (χ0n) is 17.9. The molecule has 2 aromatic rings. The molecule has 2 aliphatic rings. The van der Waals surface area contributed by atoms with Gasteiger partial charge in [0.25, 0.3) is 0 Å². The third-order valence-electron chi connectivity index (χ3n) is 5.98. The Hall–Kier alpha value is -3.22. The second kappa shape index (κ2) is 9.29. The van der Waals surface area contributed by atoms with Gasteiger partial charge in [-0.2, -0.15) is 0 Å². The van der Waals surface area contributed by atoms with E-state index in [4.69, 9.17) is 14.2 Å². The van der Waals surface area contributed by atoms with Crippen LogP contribution in [0.3, 0.4) is 0 Å². The van der Waals surface area contributed by atoms with Gasteiger partial charge in [0.15, 0.2) is 11.5 Å². The summed E-state index contributed by atoms with van der Waals surface area (Å²) in [5.41, 5.74) is 2.05. The summed E-state index contributed by atoms with van der Waals surface area (Å²) in [6.07, 6.45) is 1.67. The second-order valence-electron chi connectivity index (χ2n) is 7.92. The summed E-state index contributed by atoms with van der Waals surface area (Å²) in [6.45, 7) is 1.59. The predicted molar refractivity (Wildman–Crippen MR) is 115 cm³/mol. The van der Waals surface area contributed by atoms with E-state index in [1.807, 2.05) is 42.5 Å². The fourth-order valence-electron chi connectivity index (χ4n) is 4.25. The van der Waals surface area contributed by atoms with Gasteiger partial charge >= 0.3 is 0 Å². The van der Waals surface area contributed by atoms with Crippen LogP contribution in [-0.4, -0.2) is 50.6 Å². The quantitative estimate of drug-likeness (QED) is 0.740. The number of amides is 2. The van der Waals surface area contributed by atoms with E-state index in [-0.39, 0.29) is 30.2 Å². The minimum Gasteiger partial charge on any atom is -0.493 e. The highest BCUT2D eigenvalue weighted by Crippen LogP contribution is 2.32. The Kier molecular flexibility index (Phi) is 6.30. The number of para-hydroxylation sites is 1. The normalized spacial score (nSPS) is 20.1. The van der Waals surface area contributed by atoms with Gasteiger partial charge in [0.1, 0.15) is 5.75 Å². The van der Waals surface area contributed by atoms with E-state index in [1.54, 1.807) is 19.1 Å². The van der Waals surface area contributed by atoms with Crippen LogP contribution < -0.4 is 19.5 Å². The molecule has 0 saturated carbocycles. The number of carbonyl (C=O) groups excluding carboxylic acids is 2. The van der Waals surface area contributed by atoms with Gasteiger partial charge in [-0.05, 0) is 30.2 Å². The van der Waals surface area contributed by atoms with E-state index in [2.05, 4.69) is 5.32 Å². The van der Waals surface area contributed by atoms with Crippen molar-refractivity contribution >= 4 is 11.8 Å². The lowest BCUT2D eigenvalue weighted by molar-refractivity contribution is -0.129. The summed E-state index contributed by atoms with van der Waals surface area (Å²) in [5, 5.41) is 3.13. The predicted octanol–water partition coefficient (Wildman–Crippen LogP) is 2.73. The molecule has 2 aromatic carbocycles. The van der Waals surface area contributed by atoms with Crippen LogP contribution in [0.15, 0.2) is 42.5 Å². The van der Waals surface area contributed by atoms with Crippen molar-refractivity contribution in [1.82, 2.24) is 10.2 Å². The molecule has 7 heteroatoms. The van der Waals surface area contributed by atoms with E-state index in [0.717, 1.165) is 23.3 Å². The summed E-state index contributed by atoms with van der Waals surface area (Å²) in [6, 6.07) is 13.4. The highest BCUT2D eigenvalue weighted by atomic mass is 16.5. The molecule has 2 amide bonds. The first kappa shape index (κ1) is 21.0. The number of rotatable bonds is 7. The Balaban J connectivity index is 1.34. The molecule has 2 heterocycles. The van der Waals surface area contributed by atoms with E-state index >= 15 is 0 Å². The fourth-order valence-corrected chi connectivity index (χ4v) is 4.25. The Labute approximate surface area is 182 Å². The van der Waals surface area contributed by atoms with Crippen LogP contribution in [0, 0.1) is 5.92 Å². The molecular formula is C24H28N2O5. The Morgan fingerprint density at radius 3 is 2.77 bits per heavy atom. The number of fused-ring (bicyclic) bond motifs is 1. The lowest BCUT2D eigenvalue weighted by Gasteiger charge is -2.27. The topological polar surface area (TPSA) is 77.1 Å². The van der Waals surface area contributed by atoms with Gasteiger partial charge in [-0.15, -0.1) is 0 Å².